The fraction of sp³-hybridized carbons (Fsp3) is 0.286. The van der Waals surface area contributed by atoms with Crippen LogP contribution >= 0.6 is 0 Å². The third-order valence-electron chi connectivity index (χ3n) is 6.60. The van der Waals surface area contributed by atoms with E-state index in [1.165, 1.54) is 11.6 Å². The van der Waals surface area contributed by atoms with Crippen LogP contribution in [0, 0.1) is 11.8 Å². The molecular weight excluding hydrogens is 495 g/mol. The van der Waals surface area contributed by atoms with E-state index < -0.39 is 0 Å². The van der Waals surface area contributed by atoms with Crippen molar-refractivity contribution in [1.82, 2.24) is 0 Å². The molecule has 2 aliphatic rings. The van der Waals surface area contributed by atoms with E-state index in [0.29, 0.717) is 12.0 Å². The average Bonchev–Trinajstić information content (AvgIpc) is 3.37. The fourth-order valence-electron chi connectivity index (χ4n) is 4.93. The summed E-state index contributed by atoms with van der Waals surface area (Å²) in [6.07, 6.45) is 0.525. The van der Waals surface area contributed by atoms with Gasteiger partial charge in [-0.05, 0) is 0 Å². The zero-order valence-corrected chi connectivity index (χ0v) is 20.5. The van der Waals surface area contributed by atoms with E-state index in [9.17, 15) is 9.59 Å². The Bertz CT molecular complexity index is 1130. The summed E-state index contributed by atoms with van der Waals surface area (Å²) < 4.78 is 18.5. The van der Waals surface area contributed by atoms with Gasteiger partial charge in [0.1, 0.15) is 0 Å². The van der Waals surface area contributed by atoms with Crippen molar-refractivity contribution in [1.29, 1.82) is 0 Å². The van der Waals surface area contributed by atoms with Gasteiger partial charge in [0, 0.05) is 0 Å². The van der Waals surface area contributed by atoms with Gasteiger partial charge in [-0.2, -0.15) is 0 Å². The molecule has 34 heavy (non-hydrogen) atoms. The summed E-state index contributed by atoms with van der Waals surface area (Å²) in [7, 11) is 1.40. The molecule has 0 spiro atoms. The Balaban J connectivity index is 1.31. The monoisotopic (exact) mass is 522 g/mol. The summed E-state index contributed by atoms with van der Waals surface area (Å²) in [5.41, 5.74) is 2.68. The van der Waals surface area contributed by atoms with Crippen molar-refractivity contribution in [3.8, 4) is 11.1 Å². The quantitative estimate of drug-likeness (QED) is 0.350. The second kappa shape index (κ2) is 10.1. The van der Waals surface area contributed by atoms with Crippen molar-refractivity contribution in [2.75, 3.05) is 7.11 Å². The zero-order valence-electron chi connectivity index (χ0n) is 18.8. The molecule has 5 atom stereocenters. The van der Waals surface area contributed by atoms with E-state index in [1.54, 1.807) is 0 Å². The molecule has 1 saturated carbocycles. The predicted molar refractivity (Wildman–Crippen MR) is 130 cm³/mol. The Morgan fingerprint density at radius 3 is 2.24 bits per heavy atom. The summed E-state index contributed by atoms with van der Waals surface area (Å²) in [6, 6.07) is 27.8. The minimum absolute atomic E-state index is 0.00120. The van der Waals surface area contributed by atoms with Crippen LogP contribution in [0.1, 0.15) is 23.2 Å². The molecule has 1 saturated heterocycles. The molecule has 1 aliphatic heterocycles. The zero-order chi connectivity index (χ0) is 23.5. The molecule has 0 amide bonds. The number of carbonyl (C=O) groups excluding carboxylic acids is 2. The molecule has 5 nitrogen and oxygen atoms in total. The van der Waals surface area contributed by atoms with Gasteiger partial charge < -0.3 is 0 Å². The number of ether oxygens (including phenoxy) is 3. The van der Waals surface area contributed by atoms with Gasteiger partial charge in [-0.25, -0.2) is 0 Å². The summed E-state index contributed by atoms with van der Waals surface area (Å²) >= 11 is 0.0530. The van der Waals surface area contributed by atoms with Crippen molar-refractivity contribution in [2.45, 2.75) is 30.1 Å². The minimum atomic E-state index is -0.333. The summed E-state index contributed by atoms with van der Waals surface area (Å²) in [4.78, 5) is 25.1. The van der Waals surface area contributed by atoms with E-state index in [1.807, 2.05) is 72.8 Å². The van der Waals surface area contributed by atoms with Gasteiger partial charge in [0.2, 0.25) is 0 Å². The van der Waals surface area contributed by atoms with Gasteiger partial charge in [0.15, 0.2) is 0 Å². The van der Waals surface area contributed by atoms with Gasteiger partial charge in [-0.1, -0.05) is 6.07 Å². The van der Waals surface area contributed by atoms with Crippen LogP contribution in [-0.4, -0.2) is 51.2 Å². The number of rotatable bonds is 7. The maximum absolute atomic E-state index is 13.0. The summed E-state index contributed by atoms with van der Waals surface area (Å²) in [6.45, 7) is 0. The second-order valence-electron chi connectivity index (χ2n) is 8.62. The van der Waals surface area contributed by atoms with Crippen LogP contribution in [0.4, 0.5) is 0 Å². The first kappa shape index (κ1) is 22.9. The maximum atomic E-state index is 13.0. The van der Waals surface area contributed by atoms with E-state index in [2.05, 4.69) is 12.1 Å². The number of esters is 2. The molecule has 0 unspecified atom stereocenters. The second-order valence-corrected chi connectivity index (χ2v) is 11.1. The molecule has 0 aromatic heterocycles. The van der Waals surface area contributed by atoms with E-state index >= 15 is 0 Å². The Labute approximate surface area is 205 Å². The first-order valence-corrected chi connectivity index (χ1v) is 13.3. The average molecular weight is 521 g/mol. The first-order valence-electron chi connectivity index (χ1n) is 11.4. The number of benzene rings is 3. The Morgan fingerprint density at radius 1 is 0.912 bits per heavy atom. The summed E-state index contributed by atoms with van der Waals surface area (Å²) in [5.74, 6) is -0.599. The van der Waals surface area contributed by atoms with E-state index in [4.69, 9.17) is 14.2 Å². The van der Waals surface area contributed by atoms with E-state index in [0.717, 1.165) is 11.1 Å². The summed E-state index contributed by atoms with van der Waals surface area (Å²) in [5, 5.41) is -0.0402. The van der Waals surface area contributed by atoms with Crippen LogP contribution in [0.25, 0.3) is 11.1 Å². The van der Waals surface area contributed by atoms with Crippen LogP contribution < -0.4 is 4.46 Å². The van der Waals surface area contributed by atoms with E-state index in [-0.39, 0.29) is 62.4 Å². The third-order valence-corrected chi connectivity index (χ3v) is 9.12. The predicted octanol–water partition coefficient (Wildman–Crippen LogP) is 3.83. The van der Waals surface area contributed by atoms with Gasteiger partial charge in [-0.3, -0.25) is 0 Å². The van der Waals surface area contributed by atoms with Crippen molar-refractivity contribution in [2.24, 2.45) is 11.8 Å². The molecule has 0 N–H and O–H groups in total. The van der Waals surface area contributed by atoms with Crippen LogP contribution in [0.15, 0.2) is 84.9 Å². The number of fused-ring (bicyclic) bond motifs is 2. The van der Waals surface area contributed by atoms with Crippen molar-refractivity contribution >= 4 is 31.4 Å². The number of hydrogen-bond donors (Lipinski definition) is 0. The first-order chi connectivity index (χ1) is 16.6. The van der Waals surface area contributed by atoms with Crippen LogP contribution in [0.5, 0.6) is 0 Å². The number of methoxy groups -OCH3 is 1. The van der Waals surface area contributed by atoms with Crippen LogP contribution in [0.2, 0.25) is 0 Å². The Kier molecular flexibility index (Phi) is 6.82. The molecule has 2 fully saturated rings. The van der Waals surface area contributed by atoms with Crippen molar-refractivity contribution in [3.63, 3.8) is 0 Å². The Hall–Kier alpha value is -2.92. The molecule has 3 aromatic carbocycles. The Morgan fingerprint density at radius 2 is 1.56 bits per heavy atom. The third kappa shape index (κ3) is 4.80. The molecule has 6 heteroatoms. The molecule has 3 aromatic rings. The molecular formula is C28H26O5Se. The van der Waals surface area contributed by atoms with Gasteiger partial charge >= 0.3 is 200 Å². The molecule has 0 radical (unpaired) electrons. The molecule has 5 rings (SSSR count). The van der Waals surface area contributed by atoms with Crippen molar-refractivity contribution in [3.05, 3.63) is 90.5 Å². The molecule has 1 heterocycles. The van der Waals surface area contributed by atoms with Crippen LogP contribution in [0.3, 0.4) is 0 Å². The van der Waals surface area contributed by atoms with Gasteiger partial charge in [0.05, 0.1) is 0 Å². The number of hydrogen-bond acceptors (Lipinski definition) is 5. The molecule has 174 valence electrons. The standard InChI is InChI=1S/C28H26O5Se/c1-31-25(29)16-22-23-17-24(26(22)28(33-23)34-21-10-6-3-7-11-21)32-27(30)20-14-12-19(13-15-20)18-8-4-2-5-9-18/h2-15,22-24,26,28H,16-17H2,1H3/t22-,23-,24+,26-,28+/m0/s1. The number of carbonyl (C=O) groups is 2. The normalized spacial score (nSPS) is 25.1. The van der Waals surface area contributed by atoms with Crippen LogP contribution in [-0.2, 0) is 19.0 Å². The molecule has 2 bridgehead atoms. The fourth-order valence-corrected chi connectivity index (χ4v) is 7.68. The van der Waals surface area contributed by atoms with Gasteiger partial charge in [0.25, 0.3) is 0 Å². The molecule has 1 aliphatic carbocycles. The van der Waals surface area contributed by atoms with Crippen molar-refractivity contribution < 1.29 is 23.8 Å². The topological polar surface area (TPSA) is 61.8 Å². The van der Waals surface area contributed by atoms with Gasteiger partial charge in [-0.15, -0.1) is 0 Å². The SMILES string of the molecule is COC(=O)C[C@@H]1[C@@H]2[C@@H]([Se]c3ccccc3)O[C@H]1C[C@H]2OC(=O)c1ccc(-c2ccccc2)cc1.